The number of fused-ring (bicyclic) bond motifs is 1. The topological polar surface area (TPSA) is 74.2 Å². The molecule has 4 rings (SSSR count). The molecule has 0 bridgehead atoms. The van der Waals surface area contributed by atoms with Crippen molar-refractivity contribution in [2.75, 3.05) is 31.1 Å². The number of piperazine rings is 1. The quantitative estimate of drug-likeness (QED) is 0.741. The summed E-state index contributed by atoms with van der Waals surface area (Å²) in [5, 5.41) is 5.24. The summed E-state index contributed by atoms with van der Waals surface area (Å²) >= 11 is 6.23. The number of aromatic amines is 1. The van der Waals surface area contributed by atoms with Gasteiger partial charge in [0, 0.05) is 63.0 Å². The van der Waals surface area contributed by atoms with Gasteiger partial charge in [0.05, 0.1) is 22.4 Å². The van der Waals surface area contributed by atoms with E-state index in [9.17, 15) is 9.59 Å². The van der Waals surface area contributed by atoms with Crippen LogP contribution in [-0.4, -0.2) is 45.8 Å². The van der Waals surface area contributed by atoms with Gasteiger partial charge in [-0.3, -0.25) is 14.5 Å². The smallest absolute Gasteiger partial charge is 0.268 e. The first-order valence-corrected chi connectivity index (χ1v) is 9.20. The third-order valence-electron chi connectivity index (χ3n) is 4.95. The van der Waals surface area contributed by atoms with E-state index < -0.39 is 0 Å². The fourth-order valence-electron chi connectivity index (χ4n) is 3.41. The number of anilines is 1. The molecule has 0 aliphatic carbocycles. The van der Waals surface area contributed by atoms with Crippen molar-refractivity contribution in [1.82, 2.24) is 19.7 Å². The number of nitrogens with one attached hydrogen (secondary N) is 1. The lowest BCUT2D eigenvalue weighted by molar-refractivity contribution is 0.247. The van der Waals surface area contributed by atoms with Crippen LogP contribution < -0.4 is 15.9 Å². The van der Waals surface area contributed by atoms with E-state index in [-0.39, 0.29) is 11.0 Å². The molecule has 0 amide bonds. The summed E-state index contributed by atoms with van der Waals surface area (Å²) < 4.78 is 1.32. The van der Waals surface area contributed by atoms with Crippen LogP contribution in [0.3, 0.4) is 0 Å². The van der Waals surface area contributed by atoms with Gasteiger partial charge in [0.1, 0.15) is 0 Å². The van der Waals surface area contributed by atoms with Crippen LogP contribution in [-0.2, 0) is 13.6 Å². The van der Waals surface area contributed by atoms with Gasteiger partial charge in [0.15, 0.2) is 5.43 Å². The minimum absolute atomic E-state index is 0.0221. The van der Waals surface area contributed by atoms with Gasteiger partial charge in [0.2, 0.25) is 0 Å². The summed E-state index contributed by atoms with van der Waals surface area (Å²) in [5.74, 6) is 0. The van der Waals surface area contributed by atoms with E-state index in [4.69, 9.17) is 11.6 Å². The Kier molecular flexibility index (Phi) is 4.72. The standard InChI is InChI=1S/C19H20ClN5O2/c1-23-18(27)10-14(11-21-23)25-7-5-24(6-8-25)12-13-9-17(26)15-3-2-4-16(20)19(15)22-13/h2-4,9-11H,5-8,12H2,1H3,(H,22,26). The van der Waals surface area contributed by atoms with Crippen molar-refractivity contribution in [3.8, 4) is 0 Å². The van der Waals surface area contributed by atoms with E-state index >= 15 is 0 Å². The summed E-state index contributed by atoms with van der Waals surface area (Å²) in [6.07, 6.45) is 1.72. The lowest BCUT2D eigenvalue weighted by atomic mass is 10.2. The number of benzene rings is 1. The molecule has 8 heteroatoms. The number of rotatable bonds is 3. The molecule has 1 aliphatic heterocycles. The maximum atomic E-state index is 12.3. The van der Waals surface area contributed by atoms with Gasteiger partial charge in [-0.05, 0) is 12.1 Å². The molecule has 1 N–H and O–H groups in total. The molecule has 0 spiro atoms. The zero-order chi connectivity index (χ0) is 19.0. The van der Waals surface area contributed by atoms with E-state index in [2.05, 4.69) is 19.9 Å². The lowest BCUT2D eigenvalue weighted by Crippen LogP contribution is -2.46. The molecule has 0 atom stereocenters. The molecule has 1 fully saturated rings. The van der Waals surface area contributed by atoms with Gasteiger partial charge in [0.25, 0.3) is 5.56 Å². The van der Waals surface area contributed by atoms with E-state index in [1.54, 1.807) is 43.6 Å². The Labute approximate surface area is 160 Å². The maximum Gasteiger partial charge on any atom is 0.268 e. The van der Waals surface area contributed by atoms with Crippen LogP contribution in [0.4, 0.5) is 5.69 Å². The Morgan fingerprint density at radius 2 is 1.93 bits per heavy atom. The van der Waals surface area contributed by atoms with Gasteiger partial charge in [-0.2, -0.15) is 5.10 Å². The molecule has 0 saturated carbocycles. The highest BCUT2D eigenvalue weighted by Crippen LogP contribution is 2.20. The molecule has 1 aromatic carbocycles. The zero-order valence-electron chi connectivity index (χ0n) is 15.0. The van der Waals surface area contributed by atoms with Crippen molar-refractivity contribution in [2.45, 2.75) is 6.54 Å². The summed E-state index contributed by atoms with van der Waals surface area (Å²) in [6.45, 7) is 3.91. The Morgan fingerprint density at radius 3 is 2.67 bits per heavy atom. The maximum absolute atomic E-state index is 12.3. The van der Waals surface area contributed by atoms with Crippen molar-refractivity contribution in [2.24, 2.45) is 7.05 Å². The first-order chi connectivity index (χ1) is 13.0. The molecule has 2 aromatic heterocycles. The summed E-state index contributed by atoms with van der Waals surface area (Å²) in [6, 6.07) is 8.60. The van der Waals surface area contributed by atoms with Gasteiger partial charge in [-0.15, -0.1) is 0 Å². The lowest BCUT2D eigenvalue weighted by Gasteiger charge is -2.35. The first-order valence-electron chi connectivity index (χ1n) is 8.82. The third-order valence-corrected chi connectivity index (χ3v) is 5.27. The highest BCUT2D eigenvalue weighted by Gasteiger charge is 2.19. The van der Waals surface area contributed by atoms with Gasteiger partial charge >= 0.3 is 0 Å². The molecule has 27 heavy (non-hydrogen) atoms. The number of pyridine rings is 1. The SMILES string of the molecule is Cn1ncc(N2CCN(Cc3cc(=O)c4cccc(Cl)c4[nH]3)CC2)cc1=O. The van der Waals surface area contributed by atoms with E-state index in [0.29, 0.717) is 22.5 Å². The van der Waals surface area contributed by atoms with Crippen LogP contribution in [0.1, 0.15) is 5.69 Å². The van der Waals surface area contributed by atoms with Gasteiger partial charge < -0.3 is 9.88 Å². The van der Waals surface area contributed by atoms with Crippen LogP contribution in [0.2, 0.25) is 5.02 Å². The predicted molar refractivity (Wildman–Crippen MR) is 107 cm³/mol. The van der Waals surface area contributed by atoms with Crippen molar-refractivity contribution < 1.29 is 0 Å². The molecule has 7 nitrogen and oxygen atoms in total. The average molecular weight is 386 g/mol. The highest BCUT2D eigenvalue weighted by molar-refractivity contribution is 6.35. The van der Waals surface area contributed by atoms with Crippen molar-refractivity contribution in [3.05, 3.63) is 67.8 Å². The van der Waals surface area contributed by atoms with Gasteiger partial charge in [-0.1, -0.05) is 17.7 Å². The van der Waals surface area contributed by atoms with E-state index in [1.807, 2.05) is 0 Å². The minimum atomic E-state index is -0.111. The second kappa shape index (κ2) is 7.17. The number of halogens is 1. The zero-order valence-corrected chi connectivity index (χ0v) is 15.7. The summed E-state index contributed by atoms with van der Waals surface area (Å²) in [7, 11) is 1.64. The number of aromatic nitrogens is 3. The molecule has 3 heterocycles. The molecule has 1 saturated heterocycles. The van der Waals surface area contributed by atoms with Crippen LogP contribution in [0.5, 0.6) is 0 Å². The Balaban J connectivity index is 1.47. The number of aryl methyl sites for hydroxylation is 1. The second-order valence-electron chi connectivity index (χ2n) is 6.76. The van der Waals surface area contributed by atoms with E-state index in [1.165, 1.54) is 4.68 Å². The van der Waals surface area contributed by atoms with Crippen LogP contribution >= 0.6 is 11.6 Å². The van der Waals surface area contributed by atoms with Crippen LogP contribution in [0, 0.1) is 0 Å². The number of hydrogen-bond donors (Lipinski definition) is 1. The van der Waals surface area contributed by atoms with E-state index in [0.717, 1.165) is 37.6 Å². The third kappa shape index (κ3) is 3.61. The van der Waals surface area contributed by atoms with Crippen molar-refractivity contribution >= 4 is 28.2 Å². The second-order valence-corrected chi connectivity index (χ2v) is 7.17. The molecule has 0 radical (unpaired) electrons. The van der Waals surface area contributed by atoms with Crippen LogP contribution in [0.15, 0.2) is 46.1 Å². The number of hydrogen-bond acceptors (Lipinski definition) is 5. The monoisotopic (exact) mass is 385 g/mol. The fourth-order valence-corrected chi connectivity index (χ4v) is 3.63. The Morgan fingerprint density at radius 1 is 1.15 bits per heavy atom. The average Bonchev–Trinajstić information content (AvgIpc) is 2.66. The molecule has 3 aromatic rings. The van der Waals surface area contributed by atoms with Gasteiger partial charge in [-0.25, -0.2) is 4.68 Å². The first kappa shape index (κ1) is 17.8. The largest absolute Gasteiger partial charge is 0.368 e. The highest BCUT2D eigenvalue weighted by atomic mass is 35.5. The molecule has 0 unspecified atom stereocenters. The number of para-hydroxylation sites is 1. The molecule has 1 aliphatic rings. The molecular formula is C19H20ClN5O2. The molecule has 140 valence electrons. The Bertz CT molecular complexity index is 1100. The van der Waals surface area contributed by atoms with Crippen molar-refractivity contribution in [3.63, 3.8) is 0 Å². The molecular weight excluding hydrogens is 366 g/mol. The normalized spacial score (nSPS) is 15.4. The summed E-state index contributed by atoms with van der Waals surface area (Å²) in [5.41, 5.74) is 2.26. The predicted octanol–water partition coefficient (Wildman–Crippen LogP) is 1.60. The minimum Gasteiger partial charge on any atom is -0.368 e. The number of nitrogens with zero attached hydrogens (tertiary/aromatic N) is 4. The van der Waals surface area contributed by atoms with Crippen molar-refractivity contribution in [1.29, 1.82) is 0 Å². The van der Waals surface area contributed by atoms with Crippen LogP contribution in [0.25, 0.3) is 10.9 Å². The number of H-pyrrole nitrogens is 1. The fraction of sp³-hybridized carbons (Fsp3) is 0.316. The summed E-state index contributed by atoms with van der Waals surface area (Å²) in [4.78, 5) is 31.9. The Hall–Kier alpha value is -2.64.